The van der Waals surface area contributed by atoms with E-state index in [1.165, 1.54) is 58.2 Å². The summed E-state index contributed by atoms with van der Waals surface area (Å²) in [5.41, 5.74) is -1.71. The molecule has 0 aromatic heterocycles. The van der Waals surface area contributed by atoms with E-state index in [4.69, 9.17) is 5.02 Å². The van der Waals surface area contributed by atoms with Gasteiger partial charge < -0.3 is 34.3 Å². The average molecular weight is 695 g/mol. The van der Waals surface area contributed by atoms with Crippen molar-refractivity contribution in [1.29, 1.82) is 0 Å². The summed E-state index contributed by atoms with van der Waals surface area (Å²) < 4.78 is 80.5. The molecule has 0 amide bonds. The number of unbranched alkanes of at least 4 members (excludes halogenated alkanes) is 3. The normalized spacial score (nSPS) is 10.9. The van der Waals surface area contributed by atoms with E-state index in [0.29, 0.717) is 0 Å². The quantitative estimate of drug-likeness (QED) is 0.250. The van der Waals surface area contributed by atoms with Gasteiger partial charge in [-0.25, -0.2) is 0 Å². The van der Waals surface area contributed by atoms with Crippen molar-refractivity contribution in [2.24, 2.45) is 0 Å². The smallest absolute Gasteiger partial charge is 0.860 e. The van der Waals surface area contributed by atoms with Gasteiger partial charge in [-0.3, -0.25) is 0 Å². The zero-order chi connectivity index (χ0) is 31.5. The second-order valence-electron chi connectivity index (χ2n) is 8.78. The minimum absolute atomic E-state index is 0. The molecule has 0 heterocycles. The summed E-state index contributed by atoms with van der Waals surface area (Å²) in [6, 6.07) is 6.76. The van der Waals surface area contributed by atoms with Gasteiger partial charge in [-0.05, 0) is 87.4 Å². The summed E-state index contributed by atoms with van der Waals surface area (Å²) in [5.74, 6) is -0.284. The monoisotopic (exact) mass is 696 g/mol. The fraction of sp³-hybridized carbons (Fsp3) is 0.538. The predicted molar refractivity (Wildman–Crippen MR) is 139 cm³/mol. The van der Waals surface area contributed by atoms with E-state index in [0.717, 1.165) is 48.5 Å². The summed E-state index contributed by atoms with van der Waals surface area (Å²) in [5, 5.41) is 38.3. The van der Waals surface area contributed by atoms with Crippen LogP contribution in [0.5, 0.6) is 11.5 Å². The summed E-state index contributed by atoms with van der Waals surface area (Å²) >= 11 is 0. The van der Waals surface area contributed by atoms with Gasteiger partial charge >= 0.3 is 39.2 Å². The van der Waals surface area contributed by atoms with Crippen LogP contribution in [0.4, 0.5) is 26.3 Å². The van der Waals surface area contributed by atoms with Crippen molar-refractivity contribution in [1.82, 2.24) is 4.90 Å². The van der Waals surface area contributed by atoms with Crippen molar-refractivity contribution in [2.45, 2.75) is 71.6 Å². The van der Waals surface area contributed by atoms with Crippen LogP contribution in [-0.2, 0) is 31.8 Å². The minimum atomic E-state index is -4.44. The van der Waals surface area contributed by atoms with E-state index >= 15 is 0 Å². The van der Waals surface area contributed by atoms with E-state index in [1.54, 1.807) is 0 Å². The molecule has 0 saturated heterocycles. The van der Waals surface area contributed by atoms with E-state index in [1.807, 2.05) is 0 Å². The first-order valence-corrected chi connectivity index (χ1v) is 13.2. The molecule has 0 atom stereocenters. The summed E-state index contributed by atoms with van der Waals surface area (Å²) in [6.45, 7) is 10.8. The Morgan fingerprint density at radius 2 is 0.952 bits per heavy atom. The molecule has 0 saturated carbocycles. The van der Waals surface area contributed by atoms with Gasteiger partial charge in [0.05, 0.1) is 22.6 Å². The molecule has 2 aromatic rings. The van der Waals surface area contributed by atoms with Gasteiger partial charge in [-0.15, -0.1) is 0 Å². The number of hydrogen-bond donors (Lipinski definition) is 1. The van der Waals surface area contributed by atoms with E-state index in [9.17, 15) is 41.4 Å². The molecule has 1 N–H and O–H groups in total. The van der Waals surface area contributed by atoms with Crippen LogP contribution < -0.4 is 24.4 Å². The van der Waals surface area contributed by atoms with Gasteiger partial charge in [-0.1, -0.05) is 40.0 Å². The zero-order valence-corrected chi connectivity index (χ0v) is 25.4. The van der Waals surface area contributed by atoms with Crippen molar-refractivity contribution in [3.63, 3.8) is 0 Å². The molecule has 0 aliphatic heterocycles. The molecular formula is C26H36B2F6NO6Ru. The third-order valence-electron chi connectivity index (χ3n) is 5.32. The van der Waals surface area contributed by atoms with Crippen molar-refractivity contribution >= 4 is 14.6 Å². The van der Waals surface area contributed by atoms with Gasteiger partial charge in [0.2, 0.25) is 0 Å². The van der Waals surface area contributed by atoms with Crippen LogP contribution in [0, 0.1) is 0 Å². The maximum absolute atomic E-state index is 12.0. The number of hydrogen-bond acceptors (Lipinski definition) is 7. The molecule has 237 valence electrons. The molecule has 0 aliphatic rings. The Labute approximate surface area is 257 Å². The second-order valence-corrected chi connectivity index (χ2v) is 8.78. The van der Waals surface area contributed by atoms with Crippen LogP contribution in [0.1, 0.15) is 70.4 Å². The SMILES string of the molecule is CCCCN(CCCC)CCCC.[O-]B(O)Oc1ccc(C(F)(F)F)cc1.[O-]B([O-])Oc1ccc(C(F)(F)F)cc1.[Ru+3]. The largest absolute Gasteiger partial charge is 3.00 e. The Morgan fingerprint density at radius 1 is 0.643 bits per heavy atom. The number of nitrogens with zero attached hydrogens (tertiary/aromatic N) is 1. The predicted octanol–water partition coefficient (Wildman–Crippen LogP) is 3.90. The van der Waals surface area contributed by atoms with E-state index < -0.39 is 38.1 Å². The molecule has 42 heavy (non-hydrogen) atoms. The standard InChI is InChI=1S/C12H27N.C7H5BF3O3.C7H4BF3O3.Ru/c1-4-7-10-13(11-8-5-2)12-9-6-3;2*9-7(10,11)5-1-3-6(4-2-5)14-8(12)13;/h4-12H2,1-3H3;1-4,12H;1-4H;/q;-1;-2;+3. The van der Waals surface area contributed by atoms with Gasteiger partial charge in [0.1, 0.15) is 7.32 Å². The number of benzene rings is 2. The molecule has 0 bridgehead atoms. The maximum Gasteiger partial charge on any atom is 3.00 e. The summed E-state index contributed by atoms with van der Waals surface area (Å²) in [7, 11) is -4.82. The molecular weight excluding hydrogens is 659 g/mol. The third kappa shape index (κ3) is 21.0. The van der Waals surface area contributed by atoms with Crippen LogP contribution in [0.25, 0.3) is 0 Å². The maximum atomic E-state index is 12.0. The first-order chi connectivity index (χ1) is 19.1. The Hall–Kier alpha value is -1.83. The Morgan fingerprint density at radius 3 is 1.19 bits per heavy atom. The number of rotatable bonds is 13. The molecule has 0 fully saturated rings. The van der Waals surface area contributed by atoms with Crippen LogP contribution in [0.2, 0.25) is 0 Å². The average Bonchev–Trinajstić information content (AvgIpc) is 2.88. The van der Waals surface area contributed by atoms with Crippen molar-refractivity contribution in [2.75, 3.05) is 19.6 Å². The third-order valence-corrected chi connectivity index (χ3v) is 5.32. The fourth-order valence-corrected chi connectivity index (χ4v) is 3.15. The van der Waals surface area contributed by atoms with Crippen molar-refractivity contribution < 1.29 is 75.2 Å². The van der Waals surface area contributed by atoms with Gasteiger partial charge in [0.15, 0.2) is 0 Å². The molecule has 0 spiro atoms. The molecule has 0 aliphatic carbocycles. The number of alkyl halides is 6. The van der Waals surface area contributed by atoms with Gasteiger partial charge in [0.25, 0.3) is 0 Å². The molecule has 1 radical (unpaired) electrons. The topological polar surface area (TPSA) is 111 Å². The van der Waals surface area contributed by atoms with E-state index in [-0.39, 0.29) is 31.0 Å². The Balaban J connectivity index is 0. The molecule has 7 nitrogen and oxygen atoms in total. The molecule has 2 aromatic carbocycles. The first-order valence-electron chi connectivity index (χ1n) is 13.2. The first kappa shape index (κ1) is 42.3. The van der Waals surface area contributed by atoms with Gasteiger partial charge in [-0.2, -0.15) is 26.3 Å². The van der Waals surface area contributed by atoms with Crippen LogP contribution in [0.15, 0.2) is 48.5 Å². The van der Waals surface area contributed by atoms with Crippen LogP contribution >= 0.6 is 0 Å². The second kappa shape index (κ2) is 22.7. The minimum Gasteiger partial charge on any atom is -0.860 e. The molecule has 16 heteroatoms. The molecule has 2 rings (SSSR count). The Bertz CT molecular complexity index is 841. The summed E-state index contributed by atoms with van der Waals surface area (Å²) in [4.78, 5) is 2.64. The van der Waals surface area contributed by atoms with Crippen LogP contribution in [-0.4, -0.2) is 44.2 Å². The number of halogens is 6. The van der Waals surface area contributed by atoms with Crippen LogP contribution in [0.3, 0.4) is 0 Å². The zero-order valence-electron chi connectivity index (χ0n) is 23.7. The van der Waals surface area contributed by atoms with Crippen molar-refractivity contribution in [3.8, 4) is 11.5 Å². The van der Waals surface area contributed by atoms with Crippen molar-refractivity contribution in [3.05, 3.63) is 59.7 Å². The fourth-order valence-electron chi connectivity index (χ4n) is 3.15. The summed E-state index contributed by atoms with van der Waals surface area (Å²) in [6.07, 6.45) is -0.770. The van der Waals surface area contributed by atoms with Gasteiger partial charge in [0, 0.05) is 0 Å². The molecule has 0 unspecified atom stereocenters. The Kier molecular flexibility index (Phi) is 22.8. The van der Waals surface area contributed by atoms with E-state index in [2.05, 4.69) is 35.0 Å².